The summed E-state index contributed by atoms with van der Waals surface area (Å²) >= 11 is 3.58. The van der Waals surface area contributed by atoms with E-state index in [1.165, 1.54) is 25.2 Å². The lowest BCUT2D eigenvalue weighted by Crippen LogP contribution is -2.21. The number of rotatable bonds is 6. The summed E-state index contributed by atoms with van der Waals surface area (Å²) in [5.41, 5.74) is 1.22. The van der Waals surface area contributed by atoms with Gasteiger partial charge in [0.2, 0.25) is 0 Å². The highest BCUT2D eigenvalue weighted by Crippen LogP contribution is 2.20. The number of nitrogens with zero attached hydrogens (tertiary/aromatic N) is 3. The molecule has 0 bridgehead atoms. The number of alkyl halides is 1. The molecule has 0 spiro atoms. The molecule has 1 aromatic rings. The fourth-order valence-corrected chi connectivity index (χ4v) is 3.27. The molecule has 1 atom stereocenters. The van der Waals surface area contributed by atoms with E-state index in [1.54, 1.807) is 0 Å². The fourth-order valence-electron chi connectivity index (χ4n) is 2.74. The van der Waals surface area contributed by atoms with Crippen molar-refractivity contribution in [2.45, 2.75) is 45.7 Å². The second-order valence-corrected chi connectivity index (χ2v) is 5.95. The highest BCUT2D eigenvalue weighted by molar-refractivity contribution is 9.09. The van der Waals surface area contributed by atoms with Crippen molar-refractivity contribution in [3.05, 3.63) is 18.0 Å². The van der Waals surface area contributed by atoms with Crippen LogP contribution in [-0.2, 0) is 6.54 Å². The maximum Gasteiger partial charge on any atom is 0.0764 e. The number of aromatic nitrogens is 2. The predicted octanol–water partition coefficient (Wildman–Crippen LogP) is 3.46. The molecule has 3 nitrogen and oxygen atoms in total. The standard InChI is InChI=1S/C14H24BrN3/c1-3-14(4-2)18-8-6-13(16-18)11-17-7-5-12(9-15)10-17/h6,8,12,14H,3-5,7,9-11H2,1-2H3. The Balaban J connectivity index is 1.91. The van der Waals surface area contributed by atoms with Gasteiger partial charge in [-0.3, -0.25) is 9.58 Å². The van der Waals surface area contributed by atoms with E-state index < -0.39 is 0 Å². The molecule has 1 unspecified atom stereocenters. The Hall–Kier alpha value is -0.350. The third kappa shape index (κ3) is 3.35. The lowest BCUT2D eigenvalue weighted by molar-refractivity contribution is 0.313. The Bertz CT molecular complexity index is 360. The van der Waals surface area contributed by atoms with Gasteiger partial charge in [0.25, 0.3) is 0 Å². The van der Waals surface area contributed by atoms with Crippen LogP contribution in [0, 0.1) is 5.92 Å². The molecule has 1 aliphatic rings. The molecule has 1 aliphatic heterocycles. The van der Waals surface area contributed by atoms with Crippen LogP contribution in [0.5, 0.6) is 0 Å². The molecular weight excluding hydrogens is 290 g/mol. The van der Waals surface area contributed by atoms with Crippen molar-refractivity contribution in [3.63, 3.8) is 0 Å². The van der Waals surface area contributed by atoms with Crippen LogP contribution in [0.25, 0.3) is 0 Å². The Labute approximate surface area is 119 Å². The number of hydrogen-bond acceptors (Lipinski definition) is 2. The van der Waals surface area contributed by atoms with Crippen LogP contribution in [0.2, 0.25) is 0 Å². The summed E-state index contributed by atoms with van der Waals surface area (Å²) in [5, 5.41) is 5.86. The molecule has 1 fully saturated rings. The van der Waals surface area contributed by atoms with Gasteiger partial charge < -0.3 is 0 Å². The van der Waals surface area contributed by atoms with Crippen molar-refractivity contribution in [3.8, 4) is 0 Å². The van der Waals surface area contributed by atoms with Gasteiger partial charge in [-0.05, 0) is 37.8 Å². The largest absolute Gasteiger partial charge is 0.297 e. The van der Waals surface area contributed by atoms with Gasteiger partial charge in [0.1, 0.15) is 0 Å². The summed E-state index contributed by atoms with van der Waals surface area (Å²) in [6.45, 7) is 7.90. The number of halogens is 1. The molecule has 1 saturated heterocycles. The zero-order valence-electron chi connectivity index (χ0n) is 11.5. The van der Waals surface area contributed by atoms with Crippen LogP contribution in [0.1, 0.15) is 44.8 Å². The van der Waals surface area contributed by atoms with E-state index >= 15 is 0 Å². The van der Waals surface area contributed by atoms with E-state index in [2.05, 4.69) is 51.6 Å². The van der Waals surface area contributed by atoms with Gasteiger partial charge in [0.05, 0.1) is 11.7 Å². The zero-order chi connectivity index (χ0) is 13.0. The second-order valence-electron chi connectivity index (χ2n) is 5.30. The normalized spacial score (nSPS) is 21.0. The van der Waals surface area contributed by atoms with E-state index in [1.807, 2.05) is 0 Å². The summed E-state index contributed by atoms with van der Waals surface area (Å²) in [6, 6.07) is 2.74. The molecule has 0 amide bonds. The molecule has 0 saturated carbocycles. The highest BCUT2D eigenvalue weighted by atomic mass is 79.9. The topological polar surface area (TPSA) is 21.1 Å². The summed E-state index contributed by atoms with van der Waals surface area (Å²) < 4.78 is 2.15. The molecule has 18 heavy (non-hydrogen) atoms. The molecule has 2 heterocycles. The Morgan fingerprint density at radius 1 is 1.44 bits per heavy atom. The molecule has 4 heteroatoms. The summed E-state index contributed by atoms with van der Waals surface area (Å²) in [5.74, 6) is 0.825. The molecule has 102 valence electrons. The summed E-state index contributed by atoms with van der Waals surface area (Å²) in [7, 11) is 0. The number of hydrogen-bond donors (Lipinski definition) is 0. The highest BCUT2D eigenvalue weighted by Gasteiger charge is 2.22. The summed E-state index contributed by atoms with van der Waals surface area (Å²) in [6.07, 6.45) is 5.78. The Morgan fingerprint density at radius 2 is 2.22 bits per heavy atom. The van der Waals surface area contributed by atoms with Gasteiger partial charge in [-0.1, -0.05) is 29.8 Å². The molecule has 2 rings (SSSR count). The fraction of sp³-hybridized carbons (Fsp3) is 0.786. The van der Waals surface area contributed by atoms with Gasteiger partial charge in [0, 0.05) is 24.6 Å². The second kappa shape index (κ2) is 6.71. The van der Waals surface area contributed by atoms with E-state index in [0.717, 1.165) is 30.6 Å². The maximum absolute atomic E-state index is 4.73. The van der Waals surface area contributed by atoms with Crippen LogP contribution >= 0.6 is 15.9 Å². The molecule has 0 aromatic carbocycles. The number of likely N-dealkylation sites (tertiary alicyclic amines) is 1. The van der Waals surface area contributed by atoms with E-state index in [0.29, 0.717) is 6.04 Å². The minimum absolute atomic E-state index is 0.563. The SMILES string of the molecule is CCC(CC)n1ccc(CN2CCC(CBr)C2)n1. The van der Waals surface area contributed by atoms with Crippen molar-refractivity contribution in [2.24, 2.45) is 5.92 Å². The van der Waals surface area contributed by atoms with E-state index in [-0.39, 0.29) is 0 Å². The third-order valence-electron chi connectivity index (χ3n) is 3.95. The van der Waals surface area contributed by atoms with Crippen molar-refractivity contribution in [1.82, 2.24) is 14.7 Å². The summed E-state index contributed by atoms with van der Waals surface area (Å²) in [4.78, 5) is 2.52. The van der Waals surface area contributed by atoms with Crippen LogP contribution < -0.4 is 0 Å². The first-order chi connectivity index (χ1) is 8.76. The lowest BCUT2D eigenvalue weighted by atomic mass is 10.2. The molecule has 0 N–H and O–H groups in total. The van der Waals surface area contributed by atoms with Crippen LogP contribution in [0.15, 0.2) is 12.3 Å². The van der Waals surface area contributed by atoms with Gasteiger partial charge in [-0.15, -0.1) is 0 Å². The van der Waals surface area contributed by atoms with Crippen molar-refractivity contribution >= 4 is 15.9 Å². The molecular formula is C14H24BrN3. The van der Waals surface area contributed by atoms with E-state index in [4.69, 9.17) is 5.10 Å². The van der Waals surface area contributed by atoms with Gasteiger partial charge in [0.15, 0.2) is 0 Å². The lowest BCUT2D eigenvalue weighted by Gasteiger charge is -2.15. The average Bonchev–Trinajstić information content (AvgIpc) is 3.01. The smallest absolute Gasteiger partial charge is 0.0764 e. The third-order valence-corrected chi connectivity index (χ3v) is 4.87. The maximum atomic E-state index is 4.73. The quantitative estimate of drug-likeness (QED) is 0.750. The first-order valence-electron chi connectivity index (χ1n) is 7.09. The van der Waals surface area contributed by atoms with Crippen molar-refractivity contribution in [1.29, 1.82) is 0 Å². The molecule has 0 radical (unpaired) electrons. The van der Waals surface area contributed by atoms with Crippen molar-refractivity contribution in [2.75, 3.05) is 18.4 Å². The average molecular weight is 314 g/mol. The van der Waals surface area contributed by atoms with Crippen LogP contribution in [0.4, 0.5) is 0 Å². The van der Waals surface area contributed by atoms with Crippen LogP contribution in [0.3, 0.4) is 0 Å². The van der Waals surface area contributed by atoms with Gasteiger partial charge >= 0.3 is 0 Å². The monoisotopic (exact) mass is 313 g/mol. The van der Waals surface area contributed by atoms with Gasteiger partial charge in [-0.25, -0.2) is 0 Å². The minimum atomic E-state index is 0.563. The Morgan fingerprint density at radius 3 is 2.83 bits per heavy atom. The Kier molecular flexibility index (Phi) is 5.25. The molecule has 1 aromatic heterocycles. The van der Waals surface area contributed by atoms with Crippen molar-refractivity contribution < 1.29 is 0 Å². The minimum Gasteiger partial charge on any atom is -0.297 e. The zero-order valence-corrected chi connectivity index (χ0v) is 13.1. The van der Waals surface area contributed by atoms with E-state index in [9.17, 15) is 0 Å². The first-order valence-corrected chi connectivity index (χ1v) is 8.21. The first kappa shape index (κ1) is 14.1. The predicted molar refractivity (Wildman–Crippen MR) is 79.0 cm³/mol. The molecule has 0 aliphatic carbocycles. The van der Waals surface area contributed by atoms with Gasteiger partial charge in [-0.2, -0.15) is 5.10 Å². The van der Waals surface area contributed by atoms with Crippen LogP contribution in [-0.4, -0.2) is 33.1 Å².